The van der Waals surface area contributed by atoms with Crippen LogP contribution in [0.3, 0.4) is 0 Å². The van der Waals surface area contributed by atoms with Crippen LogP contribution in [0, 0.1) is 12.7 Å². The molecule has 0 fully saturated rings. The van der Waals surface area contributed by atoms with Crippen molar-refractivity contribution in [3.05, 3.63) is 66.6 Å². The van der Waals surface area contributed by atoms with Crippen LogP contribution in [-0.4, -0.2) is 27.0 Å². The van der Waals surface area contributed by atoms with Gasteiger partial charge in [0.25, 0.3) is 5.91 Å². The summed E-state index contributed by atoms with van der Waals surface area (Å²) in [5, 5.41) is 2.64. The number of rotatable bonds is 5. The van der Waals surface area contributed by atoms with E-state index in [1.165, 1.54) is 18.3 Å². The van der Waals surface area contributed by atoms with Crippen molar-refractivity contribution in [2.75, 3.05) is 11.9 Å². The quantitative estimate of drug-likeness (QED) is 0.783. The number of carbonyl (C=O) groups is 1. The minimum Gasteiger partial charge on any atom is -0.481 e. The van der Waals surface area contributed by atoms with Crippen LogP contribution in [0.4, 0.5) is 10.1 Å². The van der Waals surface area contributed by atoms with E-state index in [1.807, 2.05) is 11.5 Å². The first-order chi connectivity index (χ1) is 11.6. The summed E-state index contributed by atoms with van der Waals surface area (Å²) in [7, 11) is 0. The summed E-state index contributed by atoms with van der Waals surface area (Å²) in [6.45, 7) is 1.58. The molecule has 0 spiro atoms. The molecule has 24 heavy (non-hydrogen) atoms. The number of hydrogen-bond donors (Lipinski definition) is 1. The van der Waals surface area contributed by atoms with E-state index in [0.29, 0.717) is 11.5 Å². The van der Waals surface area contributed by atoms with E-state index in [9.17, 15) is 9.18 Å². The number of aryl methyl sites for hydroxylation is 1. The highest BCUT2D eigenvalue weighted by molar-refractivity contribution is 5.91. The fourth-order valence-corrected chi connectivity index (χ4v) is 2.12. The zero-order valence-electron chi connectivity index (χ0n) is 12.9. The number of anilines is 1. The van der Waals surface area contributed by atoms with Gasteiger partial charge >= 0.3 is 0 Å². The maximum Gasteiger partial charge on any atom is 0.262 e. The molecule has 3 aromatic rings. The lowest BCUT2D eigenvalue weighted by Gasteiger charge is -2.09. The van der Waals surface area contributed by atoms with Crippen molar-refractivity contribution < 1.29 is 13.9 Å². The monoisotopic (exact) mass is 326 g/mol. The third kappa shape index (κ3) is 3.57. The molecule has 122 valence electrons. The van der Waals surface area contributed by atoms with Gasteiger partial charge in [-0.2, -0.15) is 0 Å². The number of aromatic nitrogens is 3. The number of imidazole rings is 1. The maximum absolute atomic E-state index is 13.4. The molecule has 0 radical (unpaired) electrons. The number of halogens is 1. The van der Waals surface area contributed by atoms with Crippen molar-refractivity contribution >= 4 is 11.6 Å². The molecule has 0 aliphatic rings. The third-order valence-electron chi connectivity index (χ3n) is 3.30. The third-order valence-corrected chi connectivity index (χ3v) is 3.30. The molecule has 2 aromatic heterocycles. The van der Waals surface area contributed by atoms with Gasteiger partial charge in [0, 0.05) is 12.4 Å². The summed E-state index contributed by atoms with van der Waals surface area (Å²) in [4.78, 5) is 20.3. The van der Waals surface area contributed by atoms with E-state index >= 15 is 0 Å². The summed E-state index contributed by atoms with van der Waals surface area (Å²) in [5.74, 6) is 0.651. The first-order valence-electron chi connectivity index (χ1n) is 7.27. The fourth-order valence-electron chi connectivity index (χ4n) is 2.12. The standard InChI is InChI=1S/C17H15FN4O2/c1-12-19-8-9-22(12)16-7-6-13(10-20-16)21-17(23)11-24-15-5-3-2-4-14(15)18/h2-10H,11H2,1H3,(H,21,23). The van der Waals surface area contributed by atoms with Gasteiger partial charge in [0.15, 0.2) is 18.2 Å². The number of para-hydroxylation sites is 1. The Bertz CT molecular complexity index is 846. The number of benzene rings is 1. The Balaban J connectivity index is 1.59. The molecule has 6 nitrogen and oxygen atoms in total. The molecule has 0 bridgehead atoms. The Morgan fingerprint density at radius 2 is 2.08 bits per heavy atom. The van der Waals surface area contributed by atoms with Gasteiger partial charge in [-0.05, 0) is 31.2 Å². The van der Waals surface area contributed by atoms with Crippen LogP contribution in [0.25, 0.3) is 5.82 Å². The van der Waals surface area contributed by atoms with Crippen LogP contribution in [0.2, 0.25) is 0 Å². The lowest BCUT2D eigenvalue weighted by Crippen LogP contribution is -2.20. The lowest BCUT2D eigenvalue weighted by molar-refractivity contribution is -0.118. The van der Waals surface area contributed by atoms with Crippen molar-refractivity contribution in [2.24, 2.45) is 0 Å². The van der Waals surface area contributed by atoms with Crippen molar-refractivity contribution in [1.29, 1.82) is 0 Å². The van der Waals surface area contributed by atoms with Gasteiger partial charge in [0.05, 0.1) is 11.9 Å². The van der Waals surface area contributed by atoms with Gasteiger partial charge in [0.1, 0.15) is 11.6 Å². The summed E-state index contributed by atoms with van der Waals surface area (Å²) < 4.78 is 20.4. The molecule has 0 saturated heterocycles. The highest BCUT2D eigenvalue weighted by Crippen LogP contribution is 2.15. The van der Waals surface area contributed by atoms with Crippen LogP contribution < -0.4 is 10.1 Å². The number of hydrogen-bond acceptors (Lipinski definition) is 4. The van der Waals surface area contributed by atoms with Gasteiger partial charge in [-0.25, -0.2) is 14.4 Å². The number of carbonyl (C=O) groups excluding carboxylic acids is 1. The van der Waals surface area contributed by atoms with Gasteiger partial charge in [-0.15, -0.1) is 0 Å². The maximum atomic E-state index is 13.4. The summed E-state index contributed by atoms with van der Waals surface area (Å²) in [6.07, 6.45) is 5.03. The second-order valence-electron chi connectivity index (χ2n) is 5.02. The van der Waals surface area contributed by atoms with Gasteiger partial charge in [-0.1, -0.05) is 12.1 Å². The topological polar surface area (TPSA) is 69.0 Å². The number of pyridine rings is 1. The first kappa shape index (κ1) is 15.7. The zero-order valence-corrected chi connectivity index (χ0v) is 12.9. The van der Waals surface area contributed by atoms with E-state index in [0.717, 1.165) is 5.82 Å². The Hall–Kier alpha value is -3.22. The predicted octanol–water partition coefficient (Wildman–Crippen LogP) is 2.73. The average Bonchev–Trinajstić information content (AvgIpc) is 3.01. The molecule has 2 heterocycles. The molecule has 0 unspecified atom stereocenters. The molecular weight excluding hydrogens is 311 g/mol. The molecule has 1 amide bonds. The highest BCUT2D eigenvalue weighted by Gasteiger charge is 2.08. The molecule has 0 atom stereocenters. The summed E-state index contributed by atoms with van der Waals surface area (Å²) >= 11 is 0. The number of nitrogens with zero attached hydrogens (tertiary/aromatic N) is 3. The Kier molecular flexibility index (Phi) is 4.51. The van der Waals surface area contributed by atoms with Crippen molar-refractivity contribution in [3.8, 4) is 11.6 Å². The molecule has 0 aliphatic heterocycles. The van der Waals surface area contributed by atoms with Crippen molar-refractivity contribution in [1.82, 2.24) is 14.5 Å². The van der Waals surface area contributed by atoms with E-state index in [2.05, 4.69) is 15.3 Å². The Morgan fingerprint density at radius 3 is 2.75 bits per heavy atom. The normalized spacial score (nSPS) is 10.4. The van der Waals surface area contributed by atoms with Gasteiger partial charge in [0.2, 0.25) is 0 Å². The van der Waals surface area contributed by atoms with Crippen molar-refractivity contribution in [2.45, 2.75) is 6.92 Å². The minimum absolute atomic E-state index is 0.0386. The molecule has 1 N–H and O–H groups in total. The number of nitrogens with one attached hydrogen (secondary N) is 1. The zero-order chi connectivity index (χ0) is 16.9. The summed E-state index contributed by atoms with van der Waals surface area (Å²) in [6, 6.07) is 9.42. The summed E-state index contributed by atoms with van der Waals surface area (Å²) in [5.41, 5.74) is 0.527. The molecule has 0 saturated carbocycles. The lowest BCUT2D eigenvalue weighted by atomic mass is 10.3. The number of amides is 1. The van der Waals surface area contributed by atoms with Crippen LogP contribution in [0.5, 0.6) is 5.75 Å². The van der Waals surface area contributed by atoms with Gasteiger partial charge < -0.3 is 10.1 Å². The minimum atomic E-state index is -0.507. The van der Waals surface area contributed by atoms with E-state index in [1.54, 1.807) is 36.7 Å². The van der Waals surface area contributed by atoms with E-state index in [-0.39, 0.29) is 12.4 Å². The molecule has 0 aliphatic carbocycles. The molecule has 3 rings (SSSR count). The SMILES string of the molecule is Cc1nccn1-c1ccc(NC(=O)COc2ccccc2F)cn1. The van der Waals surface area contributed by atoms with E-state index in [4.69, 9.17) is 4.74 Å². The Labute approximate surface area is 137 Å². The highest BCUT2D eigenvalue weighted by atomic mass is 19.1. The van der Waals surface area contributed by atoms with Crippen molar-refractivity contribution in [3.63, 3.8) is 0 Å². The average molecular weight is 326 g/mol. The van der Waals surface area contributed by atoms with Crippen LogP contribution >= 0.6 is 0 Å². The van der Waals surface area contributed by atoms with Gasteiger partial charge in [-0.3, -0.25) is 9.36 Å². The van der Waals surface area contributed by atoms with Crippen LogP contribution in [0.1, 0.15) is 5.82 Å². The predicted molar refractivity (Wildman–Crippen MR) is 86.6 cm³/mol. The van der Waals surface area contributed by atoms with Crippen LogP contribution in [0.15, 0.2) is 55.0 Å². The second kappa shape index (κ2) is 6.91. The number of ether oxygens (including phenoxy) is 1. The molecular formula is C17H15FN4O2. The van der Waals surface area contributed by atoms with Crippen LogP contribution in [-0.2, 0) is 4.79 Å². The second-order valence-corrected chi connectivity index (χ2v) is 5.02. The smallest absolute Gasteiger partial charge is 0.262 e. The Morgan fingerprint density at radius 1 is 1.25 bits per heavy atom. The molecule has 1 aromatic carbocycles. The largest absolute Gasteiger partial charge is 0.481 e. The molecule has 7 heteroatoms. The van der Waals surface area contributed by atoms with E-state index < -0.39 is 11.7 Å². The first-order valence-corrected chi connectivity index (χ1v) is 7.27. The fraction of sp³-hybridized carbons (Fsp3) is 0.118.